The topological polar surface area (TPSA) is 80.8 Å². The lowest BCUT2D eigenvalue weighted by Crippen LogP contribution is -2.38. The van der Waals surface area contributed by atoms with Gasteiger partial charge in [0.2, 0.25) is 0 Å². The Morgan fingerprint density at radius 3 is 2.77 bits per heavy atom. The number of morpholine rings is 1. The number of benzene rings is 3. The maximum Gasteiger partial charge on any atom is 0.141 e. The Morgan fingerprint density at radius 1 is 1.08 bits per heavy atom. The lowest BCUT2D eigenvalue weighted by atomic mass is 10.1. The largest absolute Gasteiger partial charge is 0.487 e. The van der Waals surface area contributed by atoms with Crippen LogP contribution in [0.15, 0.2) is 73.6 Å². The van der Waals surface area contributed by atoms with E-state index in [9.17, 15) is 4.39 Å². The molecule has 8 nitrogen and oxygen atoms in total. The fourth-order valence-corrected chi connectivity index (χ4v) is 4.40. The molecule has 1 saturated heterocycles. The average molecular weight is 550 g/mol. The zero-order chi connectivity index (χ0) is 27.0. The first-order valence-corrected chi connectivity index (χ1v) is 13.0. The summed E-state index contributed by atoms with van der Waals surface area (Å²) in [5, 5.41) is 4.55. The Labute approximate surface area is 231 Å². The molecule has 0 saturated carbocycles. The number of hydrogen-bond acceptors (Lipinski definition) is 8. The molecule has 5 rings (SSSR count). The molecule has 0 spiro atoms. The molecule has 2 heterocycles. The second-order valence-electron chi connectivity index (χ2n) is 9.03. The van der Waals surface area contributed by atoms with E-state index in [1.807, 2.05) is 24.3 Å². The molecule has 0 bridgehead atoms. The summed E-state index contributed by atoms with van der Waals surface area (Å²) in [4.78, 5) is 16.8. The summed E-state index contributed by atoms with van der Waals surface area (Å²) in [7, 11) is 0. The maximum atomic E-state index is 13.4. The van der Waals surface area contributed by atoms with Crippen molar-refractivity contribution in [3.05, 3.63) is 95.5 Å². The third-order valence-corrected chi connectivity index (χ3v) is 6.57. The summed E-state index contributed by atoms with van der Waals surface area (Å²) in [5.41, 5.74) is 6.66. The van der Waals surface area contributed by atoms with E-state index >= 15 is 0 Å². The van der Waals surface area contributed by atoms with Crippen molar-refractivity contribution in [3.8, 4) is 5.75 Å². The molecule has 0 radical (unpaired) electrons. The van der Waals surface area contributed by atoms with Crippen LogP contribution in [-0.4, -0.2) is 54.3 Å². The van der Waals surface area contributed by atoms with Gasteiger partial charge in [-0.25, -0.2) is 14.4 Å². The molecular weight excluding hydrogens is 521 g/mol. The van der Waals surface area contributed by atoms with Crippen LogP contribution in [0, 0.1) is 5.82 Å². The minimum Gasteiger partial charge on any atom is -0.487 e. The number of ether oxygens (including phenoxy) is 2. The molecule has 1 fully saturated rings. The van der Waals surface area contributed by atoms with Gasteiger partial charge in [0, 0.05) is 36.3 Å². The second-order valence-corrected chi connectivity index (χ2v) is 9.43. The van der Waals surface area contributed by atoms with Gasteiger partial charge < -0.3 is 14.8 Å². The molecular formula is C29H29ClFN5O3. The van der Waals surface area contributed by atoms with Gasteiger partial charge in [0.1, 0.15) is 30.3 Å². The van der Waals surface area contributed by atoms with Gasteiger partial charge in [0.25, 0.3) is 0 Å². The van der Waals surface area contributed by atoms with Crippen LogP contribution in [0.2, 0.25) is 5.02 Å². The molecule has 4 aromatic rings. The Hall–Kier alpha value is -3.76. The number of hydroxylamine groups is 1. The highest BCUT2D eigenvalue weighted by Crippen LogP contribution is 2.31. The molecule has 1 aromatic heterocycles. The van der Waals surface area contributed by atoms with Gasteiger partial charge in [-0.2, -0.15) is 0 Å². The second kappa shape index (κ2) is 12.9. The number of fused-ring (bicyclic) bond motifs is 1. The van der Waals surface area contributed by atoms with Gasteiger partial charge >= 0.3 is 0 Å². The van der Waals surface area contributed by atoms with Crippen LogP contribution in [0.5, 0.6) is 5.75 Å². The lowest BCUT2D eigenvalue weighted by Gasteiger charge is -2.26. The van der Waals surface area contributed by atoms with Crippen molar-refractivity contribution in [3.63, 3.8) is 0 Å². The molecule has 1 aliphatic heterocycles. The summed E-state index contributed by atoms with van der Waals surface area (Å²) < 4.78 is 24.6. The minimum absolute atomic E-state index is 0.207. The number of hydrogen-bond donors (Lipinski definition) is 2. The van der Waals surface area contributed by atoms with Crippen LogP contribution in [0.25, 0.3) is 16.6 Å². The van der Waals surface area contributed by atoms with E-state index < -0.39 is 0 Å². The van der Waals surface area contributed by atoms with Crippen LogP contribution >= 0.6 is 11.6 Å². The highest BCUT2D eigenvalue weighted by molar-refractivity contribution is 6.32. The summed E-state index contributed by atoms with van der Waals surface area (Å²) in [6, 6.07) is 17.4. The summed E-state index contributed by atoms with van der Waals surface area (Å²) in [5.74, 6) is 0.808. The van der Waals surface area contributed by atoms with E-state index in [1.165, 1.54) is 18.5 Å². The monoisotopic (exact) mass is 549 g/mol. The van der Waals surface area contributed by atoms with Crippen molar-refractivity contribution < 1.29 is 18.7 Å². The molecule has 10 heteroatoms. The normalized spacial score (nSPS) is 13.8. The van der Waals surface area contributed by atoms with E-state index in [2.05, 4.69) is 32.2 Å². The van der Waals surface area contributed by atoms with Crippen LogP contribution in [0.4, 0.5) is 15.9 Å². The van der Waals surface area contributed by atoms with E-state index in [4.69, 9.17) is 25.9 Å². The summed E-state index contributed by atoms with van der Waals surface area (Å²) in [6.07, 6.45) is 1.50. The predicted octanol–water partition coefficient (Wildman–Crippen LogP) is 5.57. The first-order valence-electron chi connectivity index (χ1n) is 12.6. The number of rotatable bonds is 11. The molecule has 0 atom stereocenters. The van der Waals surface area contributed by atoms with Crippen molar-refractivity contribution >= 4 is 39.7 Å². The Morgan fingerprint density at radius 2 is 1.95 bits per heavy atom. The van der Waals surface area contributed by atoms with Crippen molar-refractivity contribution in [1.29, 1.82) is 0 Å². The van der Waals surface area contributed by atoms with Gasteiger partial charge in [-0.05, 0) is 48.0 Å². The third kappa shape index (κ3) is 7.21. The Bertz CT molecular complexity index is 1450. The van der Waals surface area contributed by atoms with E-state index in [-0.39, 0.29) is 12.4 Å². The Balaban J connectivity index is 1.22. The third-order valence-electron chi connectivity index (χ3n) is 6.27. The minimum atomic E-state index is -0.308. The lowest BCUT2D eigenvalue weighted by molar-refractivity contribution is 0.00861. The van der Waals surface area contributed by atoms with Crippen molar-refractivity contribution in [1.82, 2.24) is 20.3 Å². The van der Waals surface area contributed by atoms with Crippen molar-refractivity contribution in [2.45, 2.75) is 6.61 Å². The van der Waals surface area contributed by atoms with E-state index in [1.54, 1.807) is 24.3 Å². The molecule has 39 heavy (non-hydrogen) atoms. The van der Waals surface area contributed by atoms with Gasteiger partial charge in [0.05, 0.1) is 36.1 Å². The molecule has 0 amide bonds. The highest BCUT2D eigenvalue weighted by atomic mass is 35.5. The molecule has 202 valence electrons. The molecule has 0 unspecified atom stereocenters. The van der Waals surface area contributed by atoms with Crippen LogP contribution < -0.4 is 15.5 Å². The van der Waals surface area contributed by atoms with Crippen LogP contribution in [-0.2, 0) is 16.2 Å². The fourth-order valence-electron chi connectivity index (χ4n) is 4.16. The molecule has 2 N–H and O–H groups in total. The Kier molecular flexibility index (Phi) is 8.85. The highest BCUT2D eigenvalue weighted by Gasteiger charge is 2.11. The standard InChI is InChI=1S/C29H29ClFN5O3/c1-20(35-39-14-11-36-9-12-37-13-10-36)22-5-7-27-25(16-22)29(33-19-32-27)34-24-6-8-28(26(30)17-24)38-18-21-3-2-4-23(31)15-21/h2-8,15-17,19,35H,1,9-14,18H2,(H,32,33,34). The smallest absolute Gasteiger partial charge is 0.141 e. The van der Waals surface area contributed by atoms with Gasteiger partial charge in [-0.1, -0.05) is 36.4 Å². The number of nitrogens with zero attached hydrogens (tertiary/aromatic N) is 3. The van der Waals surface area contributed by atoms with Crippen LogP contribution in [0.1, 0.15) is 11.1 Å². The van der Waals surface area contributed by atoms with Crippen LogP contribution in [0.3, 0.4) is 0 Å². The predicted molar refractivity (Wildman–Crippen MR) is 150 cm³/mol. The zero-order valence-electron chi connectivity index (χ0n) is 21.3. The SMILES string of the molecule is C=C(NOCCN1CCOCC1)c1ccc2ncnc(Nc3ccc(OCc4cccc(F)c4)c(Cl)c3)c2c1. The average Bonchev–Trinajstić information content (AvgIpc) is 2.95. The number of anilines is 2. The van der Waals surface area contributed by atoms with Gasteiger partial charge in [-0.15, -0.1) is 0 Å². The molecule has 3 aromatic carbocycles. The maximum absolute atomic E-state index is 13.4. The first-order chi connectivity index (χ1) is 19.0. The summed E-state index contributed by atoms with van der Waals surface area (Å²) in [6.45, 7) is 9.03. The summed E-state index contributed by atoms with van der Waals surface area (Å²) >= 11 is 6.47. The number of aromatic nitrogens is 2. The van der Waals surface area contributed by atoms with E-state index in [0.29, 0.717) is 28.9 Å². The number of nitrogens with one attached hydrogen (secondary N) is 2. The quantitative estimate of drug-likeness (QED) is 0.186. The van der Waals surface area contributed by atoms with E-state index in [0.717, 1.165) is 60.6 Å². The molecule has 1 aliphatic rings. The zero-order valence-corrected chi connectivity index (χ0v) is 22.1. The number of halogens is 2. The molecule has 0 aliphatic carbocycles. The van der Waals surface area contributed by atoms with Gasteiger partial charge in [0.15, 0.2) is 0 Å². The van der Waals surface area contributed by atoms with Gasteiger partial charge in [-0.3, -0.25) is 15.2 Å². The fraction of sp³-hybridized carbons (Fsp3) is 0.241. The first kappa shape index (κ1) is 26.8. The van der Waals surface area contributed by atoms with Crippen molar-refractivity contribution in [2.75, 3.05) is 44.8 Å². The van der Waals surface area contributed by atoms with Crippen molar-refractivity contribution in [2.24, 2.45) is 0 Å².